The van der Waals surface area contributed by atoms with E-state index in [4.69, 9.17) is 0 Å². The molecule has 0 heterocycles. The molecule has 5 unspecified atom stereocenters. The van der Waals surface area contributed by atoms with Crippen LogP contribution >= 0.6 is 15.9 Å². The summed E-state index contributed by atoms with van der Waals surface area (Å²) in [5.41, 5.74) is 1.27. The summed E-state index contributed by atoms with van der Waals surface area (Å²) in [5, 5.41) is 10.5. The van der Waals surface area contributed by atoms with Crippen molar-refractivity contribution < 1.29 is 5.11 Å². The molecule has 18 heavy (non-hydrogen) atoms. The number of hydrogen-bond acceptors (Lipinski definition) is 1. The number of hydrogen-bond donors (Lipinski definition) is 1. The van der Waals surface area contributed by atoms with E-state index in [2.05, 4.69) is 40.2 Å². The summed E-state index contributed by atoms with van der Waals surface area (Å²) < 4.78 is 1.11. The molecular formula is C16H19BrO. The molecule has 1 aromatic rings. The van der Waals surface area contributed by atoms with E-state index in [1.165, 1.54) is 24.8 Å². The zero-order chi connectivity index (χ0) is 12.3. The van der Waals surface area contributed by atoms with Crippen molar-refractivity contribution in [1.29, 1.82) is 0 Å². The van der Waals surface area contributed by atoms with Crippen LogP contribution in [0.3, 0.4) is 0 Å². The molecule has 3 aliphatic rings. The summed E-state index contributed by atoms with van der Waals surface area (Å²) >= 11 is 3.45. The van der Waals surface area contributed by atoms with Gasteiger partial charge in [0, 0.05) is 4.47 Å². The van der Waals surface area contributed by atoms with Gasteiger partial charge in [0.2, 0.25) is 0 Å². The highest BCUT2D eigenvalue weighted by molar-refractivity contribution is 9.10. The lowest BCUT2D eigenvalue weighted by molar-refractivity contribution is 0.129. The van der Waals surface area contributed by atoms with Crippen LogP contribution in [0.1, 0.15) is 24.8 Å². The van der Waals surface area contributed by atoms with Gasteiger partial charge in [-0.15, -0.1) is 0 Å². The fourth-order valence-electron chi connectivity index (χ4n) is 4.90. The van der Waals surface area contributed by atoms with Crippen LogP contribution in [0.25, 0.3) is 0 Å². The monoisotopic (exact) mass is 306 g/mol. The molecule has 96 valence electrons. The largest absolute Gasteiger partial charge is 0.392 e. The van der Waals surface area contributed by atoms with E-state index < -0.39 is 0 Å². The average Bonchev–Trinajstić information content (AvgIpc) is 2.82. The predicted octanol–water partition coefficient (Wildman–Crippen LogP) is 3.64. The molecule has 3 saturated carbocycles. The van der Waals surface area contributed by atoms with Crippen LogP contribution in [0.5, 0.6) is 0 Å². The SMILES string of the molecule is OC(Cc1ccc(Br)cc1)C1C2C3CCC(C3)C12. The van der Waals surface area contributed by atoms with Gasteiger partial charge in [-0.1, -0.05) is 28.1 Å². The van der Waals surface area contributed by atoms with E-state index in [1.54, 1.807) is 0 Å². The maximum Gasteiger partial charge on any atom is 0.0614 e. The Morgan fingerprint density at radius 3 is 2.33 bits per heavy atom. The van der Waals surface area contributed by atoms with Crippen molar-refractivity contribution in [3.8, 4) is 0 Å². The minimum atomic E-state index is -0.107. The molecule has 3 fully saturated rings. The maximum absolute atomic E-state index is 10.5. The molecule has 0 aliphatic heterocycles. The summed E-state index contributed by atoms with van der Waals surface area (Å²) in [6.07, 6.45) is 5.08. The van der Waals surface area contributed by atoms with Crippen molar-refractivity contribution in [2.24, 2.45) is 29.6 Å². The molecule has 1 N–H and O–H groups in total. The van der Waals surface area contributed by atoms with Gasteiger partial charge in [0.1, 0.15) is 0 Å². The van der Waals surface area contributed by atoms with Crippen molar-refractivity contribution in [3.05, 3.63) is 34.3 Å². The van der Waals surface area contributed by atoms with E-state index in [0.29, 0.717) is 5.92 Å². The van der Waals surface area contributed by atoms with Crippen molar-refractivity contribution >= 4 is 15.9 Å². The van der Waals surface area contributed by atoms with Gasteiger partial charge in [0.05, 0.1) is 6.10 Å². The molecule has 4 rings (SSSR count). The van der Waals surface area contributed by atoms with Gasteiger partial charge in [-0.05, 0) is 73.0 Å². The summed E-state index contributed by atoms with van der Waals surface area (Å²) in [4.78, 5) is 0. The Kier molecular flexibility index (Phi) is 2.60. The summed E-state index contributed by atoms with van der Waals surface area (Å²) in [5.74, 6) is 4.32. The average molecular weight is 307 g/mol. The third-order valence-electron chi connectivity index (χ3n) is 5.60. The molecule has 2 heteroatoms. The smallest absolute Gasteiger partial charge is 0.0614 e. The number of fused-ring (bicyclic) bond motifs is 5. The van der Waals surface area contributed by atoms with Gasteiger partial charge in [-0.3, -0.25) is 0 Å². The van der Waals surface area contributed by atoms with Crippen LogP contribution in [-0.4, -0.2) is 11.2 Å². The Labute approximate surface area is 117 Å². The fourth-order valence-corrected chi connectivity index (χ4v) is 5.17. The standard InChI is InChI=1S/C16H19BrO/c17-12-5-1-9(2-6-12)7-13(18)16-14-10-3-4-11(8-10)15(14)16/h1-2,5-6,10-11,13-16,18H,3-4,7-8H2. The molecule has 0 saturated heterocycles. The summed E-state index contributed by atoms with van der Waals surface area (Å²) in [6.45, 7) is 0. The van der Waals surface area contributed by atoms with Gasteiger partial charge in [-0.25, -0.2) is 0 Å². The van der Waals surface area contributed by atoms with Crippen molar-refractivity contribution in [2.75, 3.05) is 0 Å². The predicted molar refractivity (Wildman–Crippen MR) is 75.2 cm³/mol. The highest BCUT2D eigenvalue weighted by Gasteiger charge is 2.66. The summed E-state index contributed by atoms with van der Waals surface area (Å²) in [7, 11) is 0. The number of benzene rings is 1. The zero-order valence-corrected chi connectivity index (χ0v) is 12.0. The third kappa shape index (κ3) is 1.69. The fraction of sp³-hybridized carbons (Fsp3) is 0.625. The molecule has 0 spiro atoms. The molecule has 0 radical (unpaired) electrons. The number of aliphatic hydroxyl groups is 1. The van der Waals surface area contributed by atoms with Crippen LogP contribution in [0, 0.1) is 29.6 Å². The van der Waals surface area contributed by atoms with E-state index in [0.717, 1.165) is 34.6 Å². The minimum Gasteiger partial charge on any atom is -0.392 e. The van der Waals surface area contributed by atoms with Crippen LogP contribution < -0.4 is 0 Å². The zero-order valence-electron chi connectivity index (χ0n) is 10.4. The van der Waals surface area contributed by atoms with Gasteiger partial charge >= 0.3 is 0 Å². The quantitative estimate of drug-likeness (QED) is 0.904. The summed E-state index contributed by atoms with van der Waals surface area (Å²) in [6, 6.07) is 8.39. The van der Waals surface area contributed by atoms with Crippen molar-refractivity contribution in [1.82, 2.24) is 0 Å². The topological polar surface area (TPSA) is 20.2 Å². The van der Waals surface area contributed by atoms with Crippen LogP contribution in [0.15, 0.2) is 28.7 Å². The molecule has 5 atom stereocenters. The highest BCUT2D eigenvalue weighted by Crippen LogP contribution is 2.70. The van der Waals surface area contributed by atoms with Crippen LogP contribution in [0.2, 0.25) is 0 Å². The van der Waals surface area contributed by atoms with E-state index in [9.17, 15) is 5.11 Å². The lowest BCUT2D eigenvalue weighted by Gasteiger charge is -2.15. The Bertz CT molecular complexity index is 439. The first kappa shape index (κ1) is 11.5. The van der Waals surface area contributed by atoms with Crippen molar-refractivity contribution in [2.45, 2.75) is 31.8 Å². The first-order valence-electron chi connectivity index (χ1n) is 7.16. The van der Waals surface area contributed by atoms with E-state index in [1.807, 2.05) is 0 Å². The Morgan fingerprint density at radius 1 is 1.11 bits per heavy atom. The van der Waals surface area contributed by atoms with E-state index in [-0.39, 0.29) is 6.10 Å². The first-order chi connectivity index (χ1) is 8.74. The normalized spacial score (nSPS) is 41.8. The van der Waals surface area contributed by atoms with E-state index >= 15 is 0 Å². The molecule has 1 aromatic carbocycles. The highest BCUT2D eigenvalue weighted by atomic mass is 79.9. The lowest BCUT2D eigenvalue weighted by Crippen LogP contribution is -2.18. The second kappa shape index (κ2) is 4.08. The molecule has 0 aromatic heterocycles. The van der Waals surface area contributed by atoms with Gasteiger partial charge < -0.3 is 5.11 Å². The Morgan fingerprint density at radius 2 is 1.72 bits per heavy atom. The Hall–Kier alpha value is -0.340. The second-order valence-corrected chi connectivity index (χ2v) is 7.38. The minimum absolute atomic E-state index is 0.107. The van der Waals surface area contributed by atoms with Gasteiger partial charge in [-0.2, -0.15) is 0 Å². The third-order valence-corrected chi connectivity index (χ3v) is 6.13. The maximum atomic E-state index is 10.5. The van der Waals surface area contributed by atoms with Gasteiger partial charge in [0.15, 0.2) is 0 Å². The molecule has 2 bridgehead atoms. The first-order valence-corrected chi connectivity index (χ1v) is 7.96. The number of rotatable bonds is 3. The number of aliphatic hydroxyl groups excluding tert-OH is 1. The number of halogens is 1. The second-order valence-electron chi connectivity index (χ2n) is 6.46. The Balaban J connectivity index is 1.43. The van der Waals surface area contributed by atoms with Crippen LogP contribution in [-0.2, 0) is 6.42 Å². The molecule has 3 aliphatic carbocycles. The molecular weight excluding hydrogens is 288 g/mol. The molecule has 0 amide bonds. The van der Waals surface area contributed by atoms with Gasteiger partial charge in [0.25, 0.3) is 0 Å². The lowest BCUT2D eigenvalue weighted by atomic mass is 9.95. The van der Waals surface area contributed by atoms with Crippen molar-refractivity contribution in [3.63, 3.8) is 0 Å². The van der Waals surface area contributed by atoms with Crippen LogP contribution in [0.4, 0.5) is 0 Å². The molecule has 1 nitrogen and oxygen atoms in total.